The Balaban J connectivity index is 2.70. The fourth-order valence-corrected chi connectivity index (χ4v) is 1.35. The summed E-state index contributed by atoms with van der Waals surface area (Å²) in [6.07, 6.45) is -3.70. The third-order valence-corrected chi connectivity index (χ3v) is 2.02. The number of benzene rings is 1. The lowest BCUT2D eigenvalue weighted by atomic mass is 10.3. The Morgan fingerprint density at radius 3 is 2.64 bits per heavy atom. The zero-order valence-corrected chi connectivity index (χ0v) is 7.47. The van der Waals surface area contributed by atoms with E-state index in [2.05, 4.69) is 4.98 Å². The SMILES string of the molecule is FC(F)(F)n1cnc2cc(Cl)ccc21. The minimum atomic E-state index is -4.44. The lowest BCUT2D eigenvalue weighted by Gasteiger charge is -2.07. The molecule has 0 aliphatic rings. The molecular weight excluding hydrogens is 217 g/mol. The molecule has 2 nitrogen and oxygen atoms in total. The summed E-state index contributed by atoms with van der Waals surface area (Å²) in [6, 6.07) is 4.07. The predicted octanol–water partition coefficient (Wildman–Crippen LogP) is 3.17. The highest BCUT2D eigenvalue weighted by Crippen LogP contribution is 2.28. The van der Waals surface area contributed by atoms with Crippen LogP contribution < -0.4 is 0 Å². The van der Waals surface area contributed by atoms with Gasteiger partial charge >= 0.3 is 6.30 Å². The molecule has 1 aromatic heterocycles. The topological polar surface area (TPSA) is 17.8 Å². The molecule has 6 heteroatoms. The average molecular weight is 221 g/mol. The van der Waals surface area contributed by atoms with Gasteiger partial charge in [-0.1, -0.05) is 11.6 Å². The number of imidazole rings is 1. The Morgan fingerprint density at radius 1 is 1.29 bits per heavy atom. The van der Waals surface area contributed by atoms with Crippen LogP contribution in [0.3, 0.4) is 0 Å². The van der Waals surface area contributed by atoms with E-state index in [4.69, 9.17) is 11.6 Å². The van der Waals surface area contributed by atoms with Gasteiger partial charge in [0.1, 0.15) is 6.33 Å². The summed E-state index contributed by atoms with van der Waals surface area (Å²) in [6.45, 7) is 0. The molecule has 0 aliphatic carbocycles. The fraction of sp³-hybridized carbons (Fsp3) is 0.125. The first-order valence-electron chi connectivity index (χ1n) is 3.68. The molecule has 0 bridgehead atoms. The molecule has 0 radical (unpaired) electrons. The van der Waals surface area contributed by atoms with Crippen LogP contribution in [0.4, 0.5) is 13.2 Å². The Labute approximate surface area is 81.9 Å². The number of hydrogen-bond donors (Lipinski definition) is 0. The summed E-state index contributed by atoms with van der Waals surface area (Å²) >= 11 is 5.61. The molecule has 0 saturated carbocycles. The quantitative estimate of drug-likeness (QED) is 0.667. The van der Waals surface area contributed by atoms with E-state index in [-0.39, 0.29) is 15.6 Å². The number of halogens is 4. The van der Waals surface area contributed by atoms with Crippen molar-refractivity contribution in [3.63, 3.8) is 0 Å². The van der Waals surface area contributed by atoms with Gasteiger partial charge in [-0.15, -0.1) is 13.2 Å². The maximum Gasteiger partial charge on any atom is 0.490 e. The van der Waals surface area contributed by atoms with Crippen molar-refractivity contribution >= 4 is 22.6 Å². The van der Waals surface area contributed by atoms with E-state index < -0.39 is 6.30 Å². The molecule has 0 spiro atoms. The number of hydrogen-bond acceptors (Lipinski definition) is 1. The third kappa shape index (κ3) is 1.43. The van der Waals surface area contributed by atoms with Gasteiger partial charge in [0, 0.05) is 5.02 Å². The van der Waals surface area contributed by atoms with Crippen LogP contribution in [-0.2, 0) is 6.30 Å². The van der Waals surface area contributed by atoms with Crippen LogP contribution in [0.15, 0.2) is 24.5 Å². The molecule has 0 fully saturated rings. The second-order valence-electron chi connectivity index (χ2n) is 2.72. The van der Waals surface area contributed by atoms with E-state index in [0.717, 1.165) is 6.33 Å². The van der Waals surface area contributed by atoms with Gasteiger partial charge in [0.25, 0.3) is 0 Å². The Kier molecular flexibility index (Phi) is 1.92. The molecular formula is C8H4ClF3N2. The van der Waals surface area contributed by atoms with Crippen molar-refractivity contribution in [2.75, 3.05) is 0 Å². The molecule has 0 amide bonds. The molecule has 1 heterocycles. The molecule has 2 aromatic rings. The molecule has 0 aliphatic heterocycles. The zero-order chi connectivity index (χ0) is 10.3. The van der Waals surface area contributed by atoms with Gasteiger partial charge in [-0.2, -0.15) is 0 Å². The van der Waals surface area contributed by atoms with E-state index in [0.29, 0.717) is 5.02 Å². The van der Waals surface area contributed by atoms with Crippen molar-refractivity contribution < 1.29 is 13.2 Å². The summed E-state index contributed by atoms with van der Waals surface area (Å²) in [5, 5.41) is 0.366. The van der Waals surface area contributed by atoms with Crippen LogP contribution in [-0.4, -0.2) is 9.55 Å². The van der Waals surface area contributed by atoms with Crippen molar-refractivity contribution in [3.8, 4) is 0 Å². The second-order valence-corrected chi connectivity index (χ2v) is 3.15. The number of aromatic nitrogens is 2. The molecule has 14 heavy (non-hydrogen) atoms. The van der Waals surface area contributed by atoms with Crippen molar-refractivity contribution in [1.29, 1.82) is 0 Å². The fourth-order valence-electron chi connectivity index (χ4n) is 1.19. The number of alkyl halides is 3. The maximum absolute atomic E-state index is 12.3. The number of fused-ring (bicyclic) bond motifs is 1. The number of nitrogens with zero attached hydrogens (tertiary/aromatic N) is 2. The van der Waals surface area contributed by atoms with Crippen LogP contribution in [0.25, 0.3) is 11.0 Å². The normalized spacial score (nSPS) is 12.3. The molecule has 0 saturated heterocycles. The summed E-state index contributed by atoms with van der Waals surface area (Å²) in [5.74, 6) is 0. The largest absolute Gasteiger partial charge is 0.490 e. The van der Waals surface area contributed by atoms with E-state index in [1.807, 2.05) is 0 Å². The maximum atomic E-state index is 12.3. The van der Waals surface area contributed by atoms with Crippen molar-refractivity contribution in [3.05, 3.63) is 29.5 Å². The van der Waals surface area contributed by atoms with Gasteiger partial charge in [-0.05, 0) is 18.2 Å². The van der Waals surface area contributed by atoms with Gasteiger partial charge in [0.2, 0.25) is 0 Å². The van der Waals surface area contributed by atoms with E-state index in [9.17, 15) is 13.2 Å². The van der Waals surface area contributed by atoms with Crippen LogP contribution in [0.5, 0.6) is 0 Å². The highest BCUT2D eigenvalue weighted by molar-refractivity contribution is 6.31. The first-order valence-corrected chi connectivity index (χ1v) is 4.06. The smallest absolute Gasteiger partial charge is 0.241 e. The van der Waals surface area contributed by atoms with Crippen molar-refractivity contribution in [1.82, 2.24) is 9.55 Å². The summed E-state index contributed by atoms with van der Waals surface area (Å²) in [7, 11) is 0. The minimum Gasteiger partial charge on any atom is -0.241 e. The molecule has 1 aromatic carbocycles. The Morgan fingerprint density at radius 2 is 2.00 bits per heavy atom. The first-order chi connectivity index (χ1) is 6.48. The number of rotatable bonds is 0. The second kappa shape index (κ2) is 2.88. The van der Waals surface area contributed by atoms with Gasteiger partial charge in [0.15, 0.2) is 0 Å². The lowest BCUT2D eigenvalue weighted by molar-refractivity contribution is -0.201. The van der Waals surface area contributed by atoms with Crippen molar-refractivity contribution in [2.24, 2.45) is 0 Å². The van der Waals surface area contributed by atoms with E-state index in [1.165, 1.54) is 18.2 Å². The summed E-state index contributed by atoms with van der Waals surface area (Å²) < 4.78 is 37.2. The molecule has 0 N–H and O–H groups in total. The van der Waals surface area contributed by atoms with E-state index in [1.54, 1.807) is 0 Å². The van der Waals surface area contributed by atoms with Gasteiger partial charge in [-0.25, -0.2) is 9.55 Å². The third-order valence-electron chi connectivity index (χ3n) is 1.78. The highest BCUT2D eigenvalue weighted by atomic mass is 35.5. The Hall–Kier alpha value is -1.23. The van der Waals surface area contributed by atoms with E-state index >= 15 is 0 Å². The van der Waals surface area contributed by atoms with Crippen LogP contribution in [0, 0.1) is 0 Å². The monoisotopic (exact) mass is 220 g/mol. The van der Waals surface area contributed by atoms with Crippen LogP contribution in [0.2, 0.25) is 5.02 Å². The predicted molar refractivity (Wildman–Crippen MR) is 46.0 cm³/mol. The minimum absolute atomic E-state index is 0.00176. The van der Waals surface area contributed by atoms with Gasteiger partial charge in [-0.3, -0.25) is 0 Å². The first kappa shape index (κ1) is 9.33. The molecule has 2 rings (SSSR count). The lowest BCUT2D eigenvalue weighted by Crippen LogP contribution is -2.14. The Bertz CT molecular complexity index is 475. The zero-order valence-electron chi connectivity index (χ0n) is 6.72. The standard InChI is InChI=1S/C8H4ClF3N2/c9-5-1-2-7-6(3-5)13-4-14(7)8(10,11)12/h1-4H. The van der Waals surface area contributed by atoms with Crippen molar-refractivity contribution in [2.45, 2.75) is 6.30 Å². The van der Waals surface area contributed by atoms with Crippen LogP contribution >= 0.6 is 11.6 Å². The average Bonchev–Trinajstić information content (AvgIpc) is 2.45. The van der Waals surface area contributed by atoms with Gasteiger partial charge < -0.3 is 0 Å². The highest BCUT2D eigenvalue weighted by Gasteiger charge is 2.31. The molecule has 0 atom stereocenters. The molecule has 74 valence electrons. The summed E-state index contributed by atoms with van der Waals surface area (Å²) in [5.41, 5.74) is 0.233. The molecule has 0 unspecified atom stereocenters. The summed E-state index contributed by atoms with van der Waals surface area (Å²) in [4.78, 5) is 3.60. The van der Waals surface area contributed by atoms with Gasteiger partial charge in [0.05, 0.1) is 11.0 Å². The van der Waals surface area contributed by atoms with Crippen LogP contribution in [0.1, 0.15) is 0 Å².